The molecule has 0 saturated carbocycles. The molecule has 0 aliphatic heterocycles. The first-order valence-electron chi connectivity index (χ1n) is 7.58. The van der Waals surface area contributed by atoms with Crippen LogP contribution in [0.5, 0.6) is 0 Å². The summed E-state index contributed by atoms with van der Waals surface area (Å²) in [6, 6.07) is 4.61. The van der Waals surface area contributed by atoms with Gasteiger partial charge in [0.2, 0.25) is 0 Å². The number of rotatable bonds is 7. The summed E-state index contributed by atoms with van der Waals surface area (Å²) in [6.45, 7) is 5.85. The molecular weight excluding hydrogens is 261 g/mol. The Morgan fingerprint density at radius 3 is 2.25 bits per heavy atom. The first-order valence-corrected chi connectivity index (χ1v) is 7.58. The Morgan fingerprint density at radius 2 is 1.70 bits per heavy atom. The van der Waals surface area contributed by atoms with Crippen LogP contribution in [0.3, 0.4) is 0 Å². The van der Waals surface area contributed by atoms with Crippen molar-refractivity contribution in [3.8, 4) is 0 Å². The Kier molecular flexibility index (Phi) is 6.57. The van der Waals surface area contributed by atoms with E-state index in [0.717, 1.165) is 44.1 Å². The largest absolute Gasteiger partial charge is 0.416 e. The van der Waals surface area contributed by atoms with Crippen LogP contribution in [-0.2, 0) is 6.18 Å². The van der Waals surface area contributed by atoms with Gasteiger partial charge in [-0.1, -0.05) is 51.7 Å². The Hall–Kier alpha value is -0.990. The maximum atomic E-state index is 13.0. The number of benzene rings is 1. The van der Waals surface area contributed by atoms with Crippen LogP contribution in [0.1, 0.15) is 75.0 Å². The summed E-state index contributed by atoms with van der Waals surface area (Å²) in [5, 5.41) is 0. The molecule has 0 bridgehead atoms. The van der Waals surface area contributed by atoms with Gasteiger partial charge in [-0.2, -0.15) is 13.2 Å². The van der Waals surface area contributed by atoms with Crippen LogP contribution in [-0.4, -0.2) is 0 Å². The van der Waals surface area contributed by atoms with E-state index in [9.17, 15) is 13.2 Å². The van der Waals surface area contributed by atoms with Gasteiger partial charge in [-0.25, -0.2) is 0 Å². The second kappa shape index (κ2) is 7.70. The molecule has 0 fully saturated rings. The van der Waals surface area contributed by atoms with Gasteiger partial charge in [-0.05, 0) is 42.9 Å². The van der Waals surface area contributed by atoms with Crippen LogP contribution >= 0.6 is 0 Å². The lowest BCUT2D eigenvalue weighted by Gasteiger charge is -2.21. The molecule has 1 rings (SSSR count). The lowest BCUT2D eigenvalue weighted by Crippen LogP contribution is -2.11. The Morgan fingerprint density at radius 1 is 1.00 bits per heavy atom. The van der Waals surface area contributed by atoms with Gasteiger partial charge < -0.3 is 0 Å². The molecule has 1 aromatic carbocycles. The molecule has 1 unspecified atom stereocenters. The predicted molar refractivity (Wildman–Crippen MR) is 78.0 cm³/mol. The lowest BCUT2D eigenvalue weighted by molar-refractivity contribution is -0.138. The molecule has 1 atom stereocenters. The molecule has 0 nitrogen and oxygen atoms in total. The average Bonchev–Trinajstić information content (AvgIpc) is 2.37. The van der Waals surface area contributed by atoms with Crippen LogP contribution < -0.4 is 0 Å². The summed E-state index contributed by atoms with van der Waals surface area (Å²) >= 11 is 0. The smallest absolute Gasteiger partial charge is 0.166 e. The van der Waals surface area contributed by atoms with Gasteiger partial charge in [0, 0.05) is 0 Å². The fourth-order valence-corrected chi connectivity index (χ4v) is 2.85. The van der Waals surface area contributed by atoms with Gasteiger partial charge in [0.05, 0.1) is 5.56 Å². The minimum absolute atomic E-state index is 0.258. The molecule has 0 radical (unpaired) electrons. The van der Waals surface area contributed by atoms with E-state index in [4.69, 9.17) is 0 Å². The third-order valence-corrected chi connectivity index (χ3v) is 3.91. The summed E-state index contributed by atoms with van der Waals surface area (Å²) in [5.41, 5.74) is 0.819. The fourth-order valence-electron chi connectivity index (χ4n) is 2.85. The zero-order valence-electron chi connectivity index (χ0n) is 12.7. The van der Waals surface area contributed by atoms with Crippen molar-refractivity contribution in [2.24, 2.45) is 0 Å². The average molecular weight is 286 g/mol. The third kappa shape index (κ3) is 4.53. The van der Waals surface area contributed by atoms with Crippen LogP contribution in [0.4, 0.5) is 13.2 Å². The zero-order chi connectivity index (χ0) is 15.2. The molecule has 114 valence electrons. The van der Waals surface area contributed by atoms with Crippen molar-refractivity contribution in [3.05, 3.63) is 34.9 Å². The highest BCUT2D eigenvalue weighted by Gasteiger charge is 2.33. The minimum atomic E-state index is -4.25. The van der Waals surface area contributed by atoms with E-state index >= 15 is 0 Å². The predicted octanol–water partition coefficient (Wildman–Crippen LogP) is 6.48. The minimum Gasteiger partial charge on any atom is -0.166 e. The Balaban J connectivity index is 3.01. The Bertz CT molecular complexity index is 407. The van der Waals surface area contributed by atoms with Crippen molar-refractivity contribution in [2.45, 2.75) is 71.4 Å². The highest BCUT2D eigenvalue weighted by atomic mass is 19.4. The molecule has 3 heteroatoms. The number of hydrogen-bond donors (Lipinski definition) is 0. The molecule has 0 saturated heterocycles. The summed E-state index contributed by atoms with van der Waals surface area (Å²) in [5.74, 6) is 0.258. The van der Waals surface area contributed by atoms with Gasteiger partial charge in [0.1, 0.15) is 0 Å². The molecular formula is C17H25F3. The van der Waals surface area contributed by atoms with Crippen molar-refractivity contribution in [1.29, 1.82) is 0 Å². The SMILES string of the molecule is CCCCCC(CCC)c1cccc(C(F)(F)F)c1C. The molecule has 0 aromatic heterocycles. The number of hydrogen-bond acceptors (Lipinski definition) is 0. The second-order valence-electron chi connectivity index (χ2n) is 5.50. The quantitative estimate of drug-likeness (QED) is 0.503. The van der Waals surface area contributed by atoms with Crippen molar-refractivity contribution < 1.29 is 13.2 Å². The standard InChI is InChI=1S/C17H25F3/c1-4-6-7-10-14(9-5-2)15-11-8-12-16(13(15)3)17(18,19)20/h8,11-12,14H,4-7,9-10H2,1-3H3. The van der Waals surface area contributed by atoms with Crippen molar-refractivity contribution in [2.75, 3.05) is 0 Å². The molecule has 0 spiro atoms. The van der Waals surface area contributed by atoms with E-state index < -0.39 is 11.7 Å². The van der Waals surface area contributed by atoms with Crippen LogP contribution in [0.15, 0.2) is 18.2 Å². The van der Waals surface area contributed by atoms with E-state index in [1.807, 2.05) is 6.07 Å². The van der Waals surface area contributed by atoms with E-state index in [-0.39, 0.29) is 5.92 Å². The normalized spacial score (nSPS) is 13.5. The fraction of sp³-hybridized carbons (Fsp3) is 0.647. The van der Waals surface area contributed by atoms with Crippen LogP contribution in [0, 0.1) is 6.92 Å². The topological polar surface area (TPSA) is 0 Å². The van der Waals surface area contributed by atoms with E-state index in [1.165, 1.54) is 6.07 Å². The van der Waals surface area contributed by atoms with Crippen molar-refractivity contribution >= 4 is 0 Å². The summed E-state index contributed by atoms with van der Waals surface area (Å²) in [6.07, 6.45) is 2.10. The molecule has 0 aliphatic carbocycles. The van der Waals surface area contributed by atoms with Gasteiger partial charge in [-0.15, -0.1) is 0 Å². The highest BCUT2D eigenvalue weighted by Crippen LogP contribution is 2.37. The molecule has 0 heterocycles. The maximum absolute atomic E-state index is 13.0. The van der Waals surface area contributed by atoms with Gasteiger partial charge in [0.15, 0.2) is 0 Å². The van der Waals surface area contributed by atoms with Crippen LogP contribution in [0.2, 0.25) is 0 Å². The van der Waals surface area contributed by atoms with E-state index in [1.54, 1.807) is 13.0 Å². The first kappa shape index (κ1) is 17.1. The Labute approximate surface area is 120 Å². The third-order valence-electron chi connectivity index (χ3n) is 3.91. The maximum Gasteiger partial charge on any atom is 0.416 e. The molecule has 0 amide bonds. The highest BCUT2D eigenvalue weighted by molar-refractivity contribution is 5.38. The van der Waals surface area contributed by atoms with Crippen molar-refractivity contribution in [3.63, 3.8) is 0 Å². The monoisotopic (exact) mass is 286 g/mol. The summed E-state index contributed by atoms with van der Waals surface area (Å²) < 4.78 is 39.0. The van der Waals surface area contributed by atoms with Gasteiger partial charge in [0.25, 0.3) is 0 Å². The number of unbranched alkanes of at least 4 members (excludes halogenated alkanes) is 2. The molecule has 20 heavy (non-hydrogen) atoms. The van der Waals surface area contributed by atoms with E-state index in [0.29, 0.717) is 5.56 Å². The molecule has 1 aromatic rings. The number of alkyl halides is 3. The first-order chi connectivity index (χ1) is 9.41. The summed E-state index contributed by atoms with van der Waals surface area (Å²) in [7, 11) is 0. The lowest BCUT2D eigenvalue weighted by atomic mass is 9.85. The molecule has 0 N–H and O–H groups in total. The van der Waals surface area contributed by atoms with Crippen molar-refractivity contribution in [1.82, 2.24) is 0 Å². The van der Waals surface area contributed by atoms with Crippen LogP contribution in [0.25, 0.3) is 0 Å². The zero-order valence-corrected chi connectivity index (χ0v) is 12.7. The van der Waals surface area contributed by atoms with Gasteiger partial charge >= 0.3 is 6.18 Å². The van der Waals surface area contributed by atoms with Gasteiger partial charge in [-0.3, -0.25) is 0 Å². The molecule has 0 aliphatic rings. The number of halogens is 3. The second-order valence-corrected chi connectivity index (χ2v) is 5.50. The summed E-state index contributed by atoms with van der Waals surface area (Å²) in [4.78, 5) is 0. The van der Waals surface area contributed by atoms with E-state index in [2.05, 4.69) is 13.8 Å².